The molecule has 36 heavy (non-hydrogen) atoms. The van der Waals surface area contributed by atoms with E-state index in [1.807, 2.05) is 43.0 Å². The smallest absolute Gasteiger partial charge is 0.270 e. The number of hydrogen-bond acceptors (Lipinski definition) is 3. The Balaban J connectivity index is 1.69. The van der Waals surface area contributed by atoms with Gasteiger partial charge in [0, 0.05) is 55.2 Å². The zero-order valence-electron chi connectivity index (χ0n) is 22.6. The molecule has 6 heteroatoms. The number of likely N-dealkylation sites (N-methyl/N-ethyl adjacent to an activating group) is 1. The minimum absolute atomic E-state index is 0.0159. The lowest BCUT2D eigenvalue weighted by molar-refractivity contribution is -0.118. The molecule has 0 bridgehead atoms. The third kappa shape index (κ3) is 5.65. The number of nitrogens with one attached hydrogen (secondary N) is 1. The fraction of sp³-hybridized carbons (Fsp3) is 0.467. The molecule has 1 aromatic heterocycles. The van der Waals surface area contributed by atoms with Crippen LogP contribution in [0.3, 0.4) is 0 Å². The summed E-state index contributed by atoms with van der Waals surface area (Å²) in [5, 5.41) is 3.94. The number of carbonyl (C=O) groups excluding carboxylic acids is 2. The molecule has 0 saturated carbocycles. The Hall–Kier alpha value is -3.12. The lowest BCUT2D eigenvalue weighted by Gasteiger charge is -2.34. The van der Waals surface area contributed by atoms with Crippen LogP contribution in [0.2, 0.25) is 0 Å². The van der Waals surface area contributed by atoms with E-state index in [2.05, 4.69) is 66.7 Å². The SMILES string of the molecule is CCN1CCN(C(=O)c2cc3cc(NC(=O)C(C)C)ccc3n2Cc2ccc(C(C)(C)C)cc2)CC1. The summed E-state index contributed by atoms with van der Waals surface area (Å²) in [6, 6.07) is 16.6. The molecular formula is C30H40N4O2. The third-order valence-electron chi connectivity index (χ3n) is 7.18. The molecule has 0 unspecified atom stereocenters. The van der Waals surface area contributed by atoms with Crippen molar-refractivity contribution in [2.24, 2.45) is 5.92 Å². The van der Waals surface area contributed by atoms with Gasteiger partial charge in [-0.25, -0.2) is 0 Å². The number of nitrogens with zero attached hydrogens (tertiary/aromatic N) is 3. The van der Waals surface area contributed by atoms with Crippen LogP contribution >= 0.6 is 0 Å². The predicted octanol–water partition coefficient (Wildman–Crippen LogP) is 5.36. The number of hydrogen-bond donors (Lipinski definition) is 1. The number of carbonyl (C=O) groups is 2. The van der Waals surface area contributed by atoms with Gasteiger partial charge in [-0.15, -0.1) is 0 Å². The van der Waals surface area contributed by atoms with E-state index in [1.165, 1.54) is 5.56 Å². The van der Waals surface area contributed by atoms with Gasteiger partial charge in [0.1, 0.15) is 5.69 Å². The van der Waals surface area contributed by atoms with Crippen LogP contribution in [-0.4, -0.2) is 58.9 Å². The van der Waals surface area contributed by atoms with Gasteiger partial charge in [-0.2, -0.15) is 0 Å². The molecule has 2 aromatic carbocycles. The van der Waals surface area contributed by atoms with Crippen molar-refractivity contribution in [3.63, 3.8) is 0 Å². The number of anilines is 1. The molecule has 1 fully saturated rings. The van der Waals surface area contributed by atoms with Gasteiger partial charge in [0.15, 0.2) is 0 Å². The van der Waals surface area contributed by atoms with Crippen LogP contribution in [0, 0.1) is 5.92 Å². The fourth-order valence-corrected chi connectivity index (χ4v) is 4.70. The largest absolute Gasteiger partial charge is 0.335 e. The number of benzene rings is 2. The summed E-state index contributed by atoms with van der Waals surface area (Å²) in [6.07, 6.45) is 0. The van der Waals surface area contributed by atoms with Crippen molar-refractivity contribution < 1.29 is 9.59 Å². The molecule has 0 aliphatic carbocycles. The molecule has 1 saturated heterocycles. The maximum atomic E-state index is 13.7. The molecule has 1 aliphatic heterocycles. The van der Waals surface area contributed by atoms with E-state index < -0.39 is 0 Å². The van der Waals surface area contributed by atoms with Crippen LogP contribution < -0.4 is 5.32 Å². The molecule has 0 radical (unpaired) electrons. The minimum Gasteiger partial charge on any atom is -0.335 e. The lowest BCUT2D eigenvalue weighted by Crippen LogP contribution is -2.48. The predicted molar refractivity (Wildman–Crippen MR) is 148 cm³/mol. The van der Waals surface area contributed by atoms with Gasteiger partial charge < -0.3 is 19.7 Å². The van der Waals surface area contributed by atoms with Crippen molar-refractivity contribution in [3.05, 3.63) is 65.4 Å². The Morgan fingerprint density at radius 3 is 2.19 bits per heavy atom. The van der Waals surface area contributed by atoms with Crippen molar-refractivity contribution in [2.75, 3.05) is 38.0 Å². The van der Waals surface area contributed by atoms with Crippen molar-refractivity contribution in [3.8, 4) is 0 Å². The summed E-state index contributed by atoms with van der Waals surface area (Å²) in [7, 11) is 0. The molecule has 6 nitrogen and oxygen atoms in total. The first-order valence-corrected chi connectivity index (χ1v) is 13.1. The summed E-state index contributed by atoms with van der Waals surface area (Å²) in [6.45, 7) is 17.5. The second-order valence-electron chi connectivity index (χ2n) is 11.2. The Kier molecular flexibility index (Phi) is 7.55. The monoisotopic (exact) mass is 488 g/mol. The van der Waals surface area contributed by atoms with Gasteiger partial charge in [0.05, 0.1) is 0 Å². The molecule has 1 N–H and O–H groups in total. The van der Waals surface area contributed by atoms with Gasteiger partial charge in [0.2, 0.25) is 5.91 Å². The number of fused-ring (bicyclic) bond motifs is 1. The van der Waals surface area contributed by atoms with Gasteiger partial charge in [-0.1, -0.05) is 65.8 Å². The summed E-state index contributed by atoms with van der Waals surface area (Å²) >= 11 is 0. The third-order valence-corrected chi connectivity index (χ3v) is 7.18. The Bertz CT molecular complexity index is 1230. The van der Waals surface area contributed by atoms with Crippen LogP contribution in [0.5, 0.6) is 0 Å². The maximum absolute atomic E-state index is 13.7. The Labute approximate surface area is 215 Å². The highest BCUT2D eigenvalue weighted by Gasteiger charge is 2.25. The van der Waals surface area contributed by atoms with Gasteiger partial charge >= 0.3 is 0 Å². The van der Waals surface area contributed by atoms with E-state index in [9.17, 15) is 9.59 Å². The van der Waals surface area contributed by atoms with E-state index in [-0.39, 0.29) is 23.1 Å². The van der Waals surface area contributed by atoms with E-state index in [1.54, 1.807) is 0 Å². The fourth-order valence-electron chi connectivity index (χ4n) is 4.70. The zero-order chi connectivity index (χ0) is 26.0. The number of aromatic nitrogens is 1. The highest BCUT2D eigenvalue weighted by Crippen LogP contribution is 2.28. The average Bonchev–Trinajstić information content (AvgIpc) is 3.20. The number of amides is 2. The highest BCUT2D eigenvalue weighted by atomic mass is 16.2. The molecule has 2 amide bonds. The van der Waals surface area contributed by atoms with Crippen molar-refractivity contribution in [1.82, 2.24) is 14.4 Å². The molecule has 3 aromatic rings. The van der Waals surface area contributed by atoms with Crippen LogP contribution in [0.4, 0.5) is 5.69 Å². The van der Waals surface area contributed by atoms with Crippen molar-refractivity contribution in [1.29, 1.82) is 0 Å². The molecule has 2 heterocycles. The quantitative estimate of drug-likeness (QED) is 0.508. The molecular weight excluding hydrogens is 448 g/mol. The highest BCUT2D eigenvalue weighted by molar-refractivity contribution is 6.01. The molecule has 0 atom stereocenters. The van der Waals surface area contributed by atoms with Crippen molar-refractivity contribution in [2.45, 2.75) is 53.5 Å². The summed E-state index contributed by atoms with van der Waals surface area (Å²) in [5.74, 6) is -0.0425. The van der Waals surface area contributed by atoms with Gasteiger partial charge in [-0.3, -0.25) is 9.59 Å². The first-order chi connectivity index (χ1) is 17.1. The molecule has 1 aliphatic rings. The molecule has 4 rings (SSSR count). The lowest BCUT2D eigenvalue weighted by atomic mass is 9.87. The van der Waals surface area contributed by atoms with Crippen LogP contribution in [0.1, 0.15) is 63.2 Å². The summed E-state index contributed by atoms with van der Waals surface area (Å²) < 4.78 is 2.13. The van der Waals surface area contributed by atoms with Crippen LogP contribution in [-0.2, 0) is 16.8 Å². The molecule has 0 spiro atoms. The van der Waals surface area contributed by atoms with E-state index >= 15 is 0 Å². The summed E-state index contributed by atoms with van der Waals surface area (Å²) in [5.41, 5.74) is 4.98. The average molecular weight is 489 g/mol. The second kappa shape index (κ2) is 10.5. The minimum atomic E-state index is -0.0970. The first kappa shape index (κ1) is 26.0. The van der Waals surface area contributed by atoms with Gasteiger partial charge in [-0.05, 0) is 47.4 Å². The topological polar surface area (TPSA) is 57.6 Å². The van der Waals surface area contributed by atoms with E-state index in [4.69, 9.17) is 0 Å². The number of rotatable bonds is 6. The van der Waals surface area contributed by atoms with E-state index in [0.29, 0.717) is 12.2 Å². The molecule has 192 valence electrons. The van der Waals surface area contributed by atoms with Crippen molar-refractivity contribution >= 4 is 28.4 Å². The maximum Gasteiger partial charge on any atom is 0.270 e. The standard InChI is InChI=1S/C30H40N4O2/c1-7-32-14-16-33(17-15-32)29(36)27-19-23-18-25(31-28(35)21(2)3)12-13-26(23)34(27)20-22-8-10-24(11-9-22)30(4,5)6/h8-13,18-19,21H,7,14-17,20H2,1-6H3,(H,31,35). The second-order valence-corrected chi connectivity index (χ2v) is 11.2. The Morgan fingerprint density at radius 1 is 0.944 bits per heavy atom. The normalized spacial score (nSPS) is 15.0. The van der Waals surface area contributed by atoms with Gasteiger partial charge in [0.25, 0.3) is 5.91 Å². The van der Waals surface area contributed by atoms with E-state index in [0.717, 1.165) is 54.9 Å². The first-order valence-electron chi connectivity index (χ1n) is 13.1. The van der Waals surface area contributed by atoms with Crippen LogP contribution in [0.15, 0.2) is 48.5 Å². The summed E-state index contributed by atoms with van der Waals surface area (Å²) in [4.78, 5) is 30.3. The number of piperazine rings is 1. The van der Waals surface area contributed by atoms with Crippen LogP contribution in [0.25, 0.3) is 10.9 Å². The zero-order valence-corrected chi connectivity index (χ0v) is 22.6. The Morgan fingerprint density at radius 2 is 1.61 bits per heavy atom.